The molecule has 1 fully saturated rings. The van der Waals surface area contributed by atoms with E-state index in [1.165, 1.54) is 22.3 Å². The van der Waals surface area contributed by atoms with Crippen molar-refractivity contribution in [1.82, 2.24) is 10.6 Å². The molecule has 2 aromatic rings. The van der Waals surface area contributed by atoms with Crippen LogP contribution in [-0.4, -0.2) is 18.5 Å². The molecule has 0 saturated carbocycles. The van der Waals surface area contributed by atoms with Crippen molar-refractivity contribution in [3.8, 4) is 11.1 Å². The standard InChI is InChI=1S/C17H16N2O/c20-16-9-11(10-18-16)19-17-14-7-3-1-5-12(14)13-6-2-4-8-15(13)17/h1-8,11,17,19H,9-10H2,(H,18,20). The van der Waals surface area contributed by atoms with Gasteiger partial charge in [0, 0.05) is 19.0 Å². The van der Waals surface area contributed by atoms with Crippen molar-refractivity contribution >= 4 is 5.91 Å². The molecule has 2 aromatic carbocycles. The lowest BCUT2D eigenvalue weighted by atomic mass is 10.0. The van der Waals surface area contributed by atoms with Gasteiger partial charge in [0.1, 0.15) is 0 Å². The van der Waals surface area contributed by atoms with E-state index in [9.17, 15) is 4.79 Å². The highest BCUT2D eigenvalue weighted by Crippen LogP contribution is 2.43. The van der Waals surface area contributed by atoms with Crippen LogP contribution in [0, 0.1) is 0 Å². The molecule has 0 spiro atoms. The maximum atomic E-state index is 11.4. The maximum absolute atomic E-state index is 11.4. The van der Waals surface area contributed by atoms with Gasteiger partial charge in [0.05, 0.1) is 6.04 Å². The minimum Gasteiger partial charge on any atom is -0.354 e. The van der Waals surface area contributed by atoms with E-state index in [-0.39, 0.29) is 18.0 Å². The molecule has 1 aliphatic heterocycles. The number of fused-ring (bicyclic) bond motifs is 3. The van der Waals surface area contributed by atoms with Gasteiger partial charge in [-0.25, -0.2) is 0 Å². The topological polar surface area (TPSA) is 41.1 Å². The first-order valence-corrected chi connectivity index (χ1v) is 7.04. The van der Waals surface area contributed by atoms with Crippen molar-refractivity contribution in [3.05, 3.63) is 59.7 Å². The number of benzene rings is 2. The van der Waals surface area contributed by atoms with Gasteiger partial charge in [0.2, 0.25) is 5.91 Å². The largest absolute Gasteiger partial charge is 0.354 e. The van der Waals surface area contributed by atoms with E-state index in [2.05, 4.69) is 59.2 Å². The molecule has 3 nitrogen and oxygen atoms in total. The van der Waals surface area contributed by atoms with E-state index >= 15 is 0 Å². The first-order chi connectivity index (χ1) is 9.83. The van der Waals surface area contributed by atoms with Crippen LogP contribution >= 0.6 is 0 Å². The Kier molecular flexibility index (Phi) is 2.60. The van der Waals surface area contributed by atoms with Gasteiger partial charge in [-0.1, -0.05) is 48.5 Å². The second-order valence-corrected chi connectivity index (χ2v) is 5.48. The van der Waals surface area contributed by atoms with Crippen LogP contribution in [0.2, 0.25) is 0 Å². The Balaban J connectivity index is 1.74. The lowest BCUT2D eigenvalue weighted by Crippen LogP contribution is -2.34. The monoisotopic (exact) mass is 264 g/mol. The summed E-state index contributed by atoms with van der Waals surface area (Å²) in [4.78, 5) is 11.4. The predicted molar refractivity (Wildman–Crippen MR) is 78.3 cm³/mol. The Morgan fingerprint density at radius 2 is 1.55 bits per heavy atom. The molecule has 1 amide bonds. The SMILES string of the molecule is O=C1CC(NC2c3ccccc3-c3ccccc32)CN1. The molecule has 4 rings (SSSR count). The number of hydrogen-bond acceptors (Lipinski definition) is 2. The maximum Gasteiger partial charge on any atom is 0.221 e. The Morgan fingerprint density at radius 3 is 2.10 bits per heavy atom. The number of amides is 1. The number of hydrogen-bond donors (Lipinski definition) is 2. The molecule has 1 atom stereocenters. The molecule has 0 radical (unpaired) electrons. The van der Waals surface area contributed by atoms with Crippen LogP contribution in [0.15, 0.2) is 48.5 Å². The quantitative estimate of drug-likeness (QED) is 0.873. The molecule has 0 aromatic heterocycles. The second kappa shape index (κ2) is 4.46. The summed E-state index contributed by atoms with van der Waals surface area (Å²) in [5, 5.41) is 6.53. The highest BCUT2D eigenvalue weighted by Gasteiger charge is 2.31. The fourth-order valence-corrected chi connectivity index (χ4v) is 3.29. The lowest BCUT2D eigenvalue weighted by Gasteiger charge is -2.19. The van der Waals surface area contributed by atoms with Gasteiger partial charge in [-0.3, -0.25) is 4.79 Å². The van der Waals surface area contributed by atoms with Gasteiger partial charge in [-0.2, -0.15) is 0 Å². The highest BCUT2D eigenvalue weighted by molar-refractivity contribution is 5.80. The van der Waals surface area contributed by atoms with Crippen LogP contribution in [-0.2, 0) is 4.79 Å². The summed E-state index contributed by atoms with van der Waals surface area (Å²) in [6, 6.07) is 17.4. The third-order valence-electron chi connectivity index (χ3n) is 4.21. The molecule has 2 aliphatic rings. The molecular formula is C17H16N2O. The third kappa shape index (κ3) is 1.74. The van der Waals surface area contributed by atoms with E-state index in [0.29, 0.717) is 6.42 Å². The van der Waals surface area contributed by atoms with Crippen LogP contribution < -0.4 is 10.6 Å². The number of rotatable bonds is 2. The average molecular weight is 264 g/mol. The molecule has 1 aliphatic carbocycles. The molecule has 100 valence electrons. The summed E-state index contributed by atoms with van der Waals surface area (Å²) in [5.74, 6) is 0.141. The summed E-state index contributed by atoms with van der Waals surface area (Å²) in [5.41, 5.74) is 5.23. The van der Waals surface area contributed by atoms with Crippen LogP contribution in [0.3, 0.4) is 0 Å². The van der Waals surface area contributed by atoms with Gasteiger partial charge < -0.3 is 10.6 Å². The summed E-state index contributed by atoms with van der Waals surface area (Å²) < 4.78 is 0. The molecule has 20 heavy (non-hydrogen) atoms. The number of carbonyl (C=O) groups excluding carboxylic acids is 1. The molecule has 3 heteroatoms. The summed E-state index contributed by atoms with van der Waals surface area (Å²) in [6.07, 6.45) is 0.570. The zero-order valence-electron chi connectivity index (χ0n) is 11.1. The van der Waals surface area contributed by atoms with Crippen LogP contribution in [0.1, 0.15) is 23.6 Å². The van der Waals surface area contributed by atoms with Gasteiger partial charge in [0.25, 0.3) is 0 Å². The van der Waals surface area contributed by atoms with E-state index in [1.807, 2.05) is 0 Å². The molecule has 1 unspecified atom stereocenters. The first kappa shape index (κ1) is 11.7. The summed E-state index contributed by atoms with van der Waals surface area (Å²) in [6.45, 7) is 0.722. The van der Waals surface area contributed by atoms with Gasteiger partial charge in [-0.15, -0.1) is 0 Å². The predicted octanol–water partition coefficient (Wildman–Crippen LogP) is 2.23. The van der Waals surface area contributed by atoms with E-state index < -0.39 is 0 Å². The average Bonchev–Trinajstić information content (AvgIpc) is 3.03. The molecule has 1 heterocycles. The normalized spacial score (nSPS) is 20.6. The van der Waals surface area contributed by atoms with Crippen LogP contribution in [0.25, 0.3) is 11.1 Å². The zero-order chi connectivity index (χ0) is 13.5. The van der Waals surface area contributed by atoms with Crippen molar-refractivity contribution in [2.75, 3.05) is 6.54 Å². The van der Waals surface area contributed by atoms with Gasteiger partial charge >= 0.3 is 0 Å². The summed E-state index contributed by atoms with van der Waals surface area (Å²) >= 11 is 0. The minimum atomic E-state index is 0.141. The Labute approximate surface area is 118 Å². The fraction of sp³-hybridized carbons (Fsp3) is 0.235. The Morgan fingerprint density at radius 1 is 0.950 bits per heavy atom. The lowest BCUT2D eigenvalue weighted by molar-refractivity contribution is -0.119. The smallest absolute Gasteiger partial charge is 0.221 e. The number of carbonyl (C=O) groups is 1. The molecule has 0 bridgehead atoms. The van der Waals surface area contributed by atoms with Crippen LogP contribution in [0.5, 0.6) is 0 Å². The third-order valence-corrected chi connectivity index (χ3v) is 4.21. The van der Waals surface area contributed by atoms with Crippen molar-refractivity contribution < 1.29 is 4.79 Å². The summed E-state index contributed by atoms with van der Waals surface area (Å²) in [7, 11) is 0. The zero-order valence-corrected chi connectivity index (χ0v) is 11.1. The Bertz CT molecular complexity index is 635. The molecule has 1 saturated heterocycles. The highest BCUT2D eigenvalue weighted by atomic mass is 16.1. The van der Waals surface area contributed by atoms with Crippen molar-refractivity contribution in [2.24, 2.45) is 0 Å². The molecule has 2 N–H and O–H groups in total. The Hall–Kier alpha value is -2.13. The van der Waals surface area contributed by atoms with Gasteiger partial charge in [-0.05, 0) is 22.3 Å². The second-order valence-electron chi connectivity index (χ2n) is 5.48. The van der Waals surface area contributed by atoms with Crippen molar-refractivity contribution in [2.45, 2.75) is 18.5 Å². The van der Waals surface area contributed by atoms with E-state index in [1.54, 1.807) is 0 Å². The van der Waals surface area contributed by atoms with E-state index in [4.69, 9.17) is 0 Å². The van der Waals surface area contributed by atoms with Crippen LogP contribution in [0.4, 0.5) is 0 Å². The minimum absolute atomic E-state index is 0.141. The fourth-order valence-electron chi connectivity index (χ4n) is 3.29. The van der Waals surface area contributed by atoms with Crippen molar-refractivity contribution in [3.63, 3.8) is 0 Å². The molecular weight excluding hydrogens is 248 g/mol. The van der Waals surface area contributed by atoms with Gasteiger partial charge in [0.15, 0.2) is 0 Å². The first-order valence-electron chi connectivity index (χ1n) is 7.04. The van der Waals surface area contributed by atoms with E-state index in [0.717, 1.165) is 6.54 Å². The van der Waals surface area contributed by atoms with Crippen molar-refractivity contribution in [1.29, 1.82) is 0 Å². The number of nitrogens with one attached hydrogen (secondary N) is 2.